The van der Waals surface area contributed by atoms with Gasteiger partial charge < -0.3 is 10.1 Å². The second-order valence-electron chi connectivity index (χ2n) is 5.18. The SMILES string of the molecule is CCC(NC(C)c1ccc(OC)cc1)c1cccc(F)c1. The van der Waals surface area contributed by atoms with Crippen molar-refractivity contribution in [3.63, 3.8) is 0 Å². The molecule has 0 amide bonds. The first kappa shape index (κ1) is 15.5. The number of hydrogen-bond donors (Lipinski definition) is 1. The maximum absolute atomic E-state index is 13.4. The van der Waals surface area contributed by atoms with Gasteiger partial charge in [-0.15, -0.1) is 0 Å². The van der Waals surface area contributed by atoms with E-state index in [1.807, 2.05) is 18.2 Å². The van der Waals surface area contributed by atoms with Gasteiger partial charge in [-0.1, -0.05) is 31.2 Å². The quantitative estimate of drug-likeness (QED) is 0.836. The standard InChI is InChI=1S/C18H22FNO/c1-4-18(15-6-5-7-16(19)12-15)20-13(2)14-8-10-17(21-3)11-9-14/h5-13,18,20H,4H2,1-3H3. The number of rotatable bonds is 6. The lowest BCUT2D eigenvalue weighted by Crippen LogP contribution is -2.24. The van der Waals surface area contributed by atoms with Crippen molar-refractivity contribution in [3.8, 4) is 5.75 Å². The van der Waals surface area contributed by atoms with Crippen LogP contribution in [-0.4, -0.2) is 7.11 Å². The summed E-state index contributed by atoms with van der Waals surface area (Å²) >= 11 is 0. The summed E-state index contributed by atoms with van der Waals surface area (Å²) < 4.78 is 18.5. The molecule has 0 aliphatic carbocycles. The van der Waals surface area contributed by atoms with Gasteiger partial charge in [0.15, 0.2) is 0 Å². The summed E-state index contributed by atoms with van der Waals surface area (Å²) in [6.07, 6.45) is 0.907. The van der Waals surface area contributed by atoms with Crippen molar-refractivity contribution in [2.75, 3.05) is 7.11 Å². The van der Waals surface area contributed by atoms with Crippen LogP contribution in [0.5, 0.6) is 5.75 Å². The van der Waals surface area contributed by atoms with Crippen molar-refractivity contribution in [2.45, 2.75) is 32.4 Å². The Kier molecular flexibility index (Phi) is 5.34. The van der Waals surface area contributed by atoms with E-state index in [0.717, 1.165) is 17.7 Å². The Labute approximate surface area is 126 Å². The molecule has 0 radical (unpaired) electrons. The zero-order chi connectivity index (χ0) is 15.2. The molecule has 0 saturated heterocycles. The number of methoxy groups -OCH3 is 1. The van der Waals surface area contributed by atoms with Crippen LogP contribution in [0.15, 0.2) is 48.5 Å². The maximum Gasteiger partial charge on any atom is 0.123 e. The molecule has 2 unspecified atom stereocenters. The monoisotopic (exact) mass is 287 g/mol. The Balaban J connectivity index is 2.10. The number of nitrogens with one attached hydrogen (secondary N) is 1. The van der Waals surface area contributed by atoms with Gasteiger partial charge in [-0.25, -0.2) is 4.39 Å². The third-order valence-electron chi connectivity index (χ3n) is 3.73. The van der Waals surface area contributed by atoms with Crippen molar-refractivity contribution in [1.82, 2.24) is 5.32 Å². The topological polar surface area (TPSA) is 21.3 Å². The Bertz CT molecular complexity index is 568. The molecular weight excluding hydrogens is 265 g/mol. The Morgan fingerprint density at radius 3 is 2.38 bits per heavy atom. The van der Waals surface area contributed by atoms with Crippen molar-refractivity contribution in [3.05, 3.63) is 65.5 Å². The molecule has 0 heterocycles. The fourth-order valence-corrected chi connectivity index (χ4v) is 2.46. The fourth-order valence-electron chi connectivity index (χ4n) is 2.46. The maximum atomic E-state index is 13.4. The van der Waals surface area contributed by atoms with Gasteiger partial charge in [0.25, 0.3) is 0 Å². The second-order valence-corrected chi connectivity index (χ2v) is 5.18. The highest BCUT2D eigenvalue weighted by molar-refractivity contribution is 5.29. The third kappa shape index (κ3) is 4.05. The lowest BCUT2D eigenvalue weighted by Gasteiger charge is -2.23. The minimum absolute atomic E-state index is 0.137. The van der Waals surface area contributed by atoms with Crippen LogP contribution >= 0.6 is 0 Å². The largest absolute Gasteiger partial charge is 0.497 e. The highest BCUT2D eigenvalue weighted by Gasteiger charge is 2.14. The van der Waals surface area contributed by atoms with E-state index in [2.05, 4.69) is 31.3 Å². The molecule has 0 aliphatic heterocycles. The summed E-state index contributed by atoms with van der Waals surface area (Å²) in [4.78, 5) is 0. The number of ether oxygens (including phenoxy) is 1. The molecule has 3 heteroatoms. The first-order valence-electron chi connectivity index (χ1n) is 7.29. The minimum Gasteiger partial charge on any atom is -0.497 e. The molecule has 0 spiro atoms. The van der Waals surface area contributed by atoms with Crippen molar-refractivity contribution in [2.24, 2.45) is 0 Å². The van der Waals surface area contributed by atoms with Crippen LogP contribution in [0.2, 0.25) is 0 Å². The Morgan fingerprint density at radius 1 is 1.10 bits per heavy atom. The number of hydrogen-bond acceptors (Lipinski definition) is 2. The van der Waals surface area contributed by atoms with Crippen LogP contribution in [0.4, 0.5) is 4.39 Å². The molecule has 112 valence electrons. The lowest BCUT2D eigenvalue weighted by atomic mass is 10.0. The van der Waals surface area contributed by atoms with Crippen LogP contribution in [0.1, 0.15) is 43.5 Å². The molecule has 1 N–H and O–H groups in total. The average molecular weight is 287 g/mol. The molecular formula is C18H22FNO. The summed E-state index contributed by atoms with van der Waals surface area (Å²) in [5.74, 6) is 0.660. The predicted octanol–water partition coefficient (Wildman–Crippen LogP) is 4.64. The summed E-state index contributed by atoms with van der Waals surface area (Å²) in [5, 5.41) is 3.56. The highest BCUT2D eigenvalue weighted by atomic mass is 19.1. The van der Waals surface area contributed by atoms with Gasteiger partial charge in [-0.3, -0.25) is 0 Å². The molecule has 2 nitrogen and oxygen atoms in total. The van der Waals surface area contributed by atoms with Gasteiger partial charge in [0, 0.05) is 12.1 Å². The molecule has 2 aromatic carbocycles. The van der Waals surface area contributed by atoms with E-state index in [1.54, 1.807) is 19.2 Å². The van der Waals surface area contributed by atoms with Gasteiger partial charge >= 0.3 is 0 Å². The molecule has 0 fully saturated rings. The molecule has 2 atom stereocenters. The van der Waals surface area contributed by atoms with Crippen molar-refractivity contribution in [1.29, 1.82) is 0 Å². The molecule has 21 heavy (non-hydrogen) atoms. The lowest BCUT2D eigenvalue weighted by molar-refractivity contribution is 0.413. The van der Waals surface area contributed by atoms with E-state index in [0.29, 0.717) is 0 Å². The third-order valence-corrected chi connectivity index (χ3v) is 3.73. The summed E-state index contributed by atoms with van der Waals surface area (Å²) in [6, 6.07) is 15.1. The molecule has 0 aromatic heterocycles. The average Bonchev–Trinajstić information content (AvgIpc) is 2.52. The van der Waals surface area contributed by atoms with Crippen LogP contribution in [0.25, 0.3) is 0 Å². The van der Waals surface area contributed by atoms with Crippen LogP contribution in [0.3, 0.4) is 0 Å². The van der Waals surface area contributed by atoms with E-state index in [1.165, 1.54) is 11.6 Å². The van der Waals surface area contributed by atoms with E-state index >= 15 is 0 Å². The number of halogens is 1. The van der Waals surface area contributed by atoms with E-state index in [9.17, 15) is 4.39 Å². The zero-order valence-electron chi connectivity index (χ0n) is 12.8. The van der Waals surface area contributed by atoms with E-state index in [-0.39, 0.29) is 17.9 Å². The van der Waals surface area contributed by atoms with Gasteiger partial charge in [-0.05, 0) is 48.7 Å². The van der Waals surface area contributed by atoms with Gasteiger partial charge in [-0.2, -0.15) is 0 Å². The highest BCUT2D eigenvalue weighted by Crippen LogP contribution is 2.24. The second kappa shape index (κ2) is 7.23. The van der Waals surface area contributed by atoms with Gasteiger partial charge in [0.2, 0.25) is 0 Å². The van der Waals surface area contributed by atoms with Gasteiger partial charge in [0.05, 0.1) is 7.11 Å². The van der Waals surface area contributed by atoms with Crippen molar-refractivity contribution < 1.29 is 9.13 Å². The van der Waals surface area contributed by atoms with Crippen LogP contribution in [0, 0.1) is 5.82 Å². The van der Waals surface area contributed by atoms with E-state index in [4.69, 9.17) is 4.74 Å². The van der Waals surface area contributed by atoms with Crippen LogP contribution < -0.4 is 10.1 Å². The zero-order valence-corrected chi connectivity index (χ0v) is 12.8. The van der Waals surface area contributed by atoms with Crippen molar-refractivity contribution >= 4 is 0 Å². The summed E-state index contributed by atoms with van der Waals surface area (Å²) in [7, 11) is 1.66. The first-order valence-corrected chi connectivity index (χ1v) is 7.29. The smallest absolute Gasteiger partial charge is 0.123 e. The van der Waals surface area contributed by atoms with E-state index < -0.39 is 0 Å². The number of benzene rings is 2. The molecule has 0 bridgehead atoms. The normalized spacial score (nSPS) is 13.7. The molecule has 2 aromatic rings. The summed E-state index contributed by atoms with van der Waals surface area (Å²) in [5.41, 5.74) is 2.17. The minimum atomic E-state index is -0.190. The first-order chi connectivity index (χ1) is 10.1. The Hall–Kier alpha value is -1.87. The van der Waals surface area contributed by atoms with Gasteiger partial charge in [0.1, 0.15) is 11.6 Å². The molecule has 0 saturated carbocycles. The Morgan fingerprint density at radius 2 is 1.81 bits per heavy atom. The molecule has 0 aliphatic rings. The molecule has 2 rings (SSSR count). The van der Waals surface area contributed by atoms with Crippen LogP contribution in [-0.2, 0) is 0 Å². The summed E-state index contributed by atoms with van der Waals surface area (Å²) in [6.45, 7) is 4.22. The fraction of sp³-hybridized carbons (Fsp3) is 0.333. The predicted molar refractivity (Wildman–Crippen MR) is 84.0 cm³/mol.